The molecule has 2 amide bonds. The SMILES string of the molecule is COCC(=O)N1CCc2[nH]cnc2C12CCN(C(=O)CCn1cnnn1)CC2. The number of nitrogens with zero attached hydrogens (tertiary/aromatic N) is 7. The average molecular weight is 388 g/mol. The van der Waals surface area contributed by atoms with Crippen molar-refractivity contribution < 1.29 is 14.3 Å². The Balaban J connectivity index is 1.47. The lowest BCUT2D eigenvalue weighted by Crippen LogP contribution is -2.59. The van der Waals surface area contributed by atoms with Crippen molar-refractivity contribution in [3.63, 3.8) is 0 Å². The van der Waals surface area contributed by atoms with E-state index in [0.717, 1.165) is 17.8 Å². The first kappa shape index (κ1) is 18.5. The van der Waals surface area contributed by atoms with Crippen molar-refractivity contribution in [2.75, 3.05) is 33.4 Å². The Hall–Kier alpha value is -2.82. The standard InChI is InChI=1S/C17H24N8O3/c1-28-10-15(27)25-7-2-13-16(19-11-18-13)17(25)4-8-23(9-5-17)14(26)3-6-24-12-20-21-22-24/h11-12H,2-10H2,1H3,(H,18,19). The number of aryl methyl sites for hydroxylation is 1. The lowest BCUT2D eigenvalue weighted by Gasteiger charge is -2.50. The number of aromatic amines is 1. The van der Waals surface area contributed by atoms with Crippen LogP contribution in [-0.4, -0.2) is 85.1 Å². The smallest absolute Gasteiger partial charge is 0.249 e. The normalized spacial score (nSPS) is 18.3. The van der Waals surface area contributed by atoms with Crippen LogP contribution in [-0.2, 0) is 32.8 Å². The number of piperidine rings is 1. The Morgan fingerprint density at radius 1 is 1.25 bits per heavy atom. The van der Waals surface area contributed by atoms with E-state index in [1.54, 1.807) is 11.0 Å². The highest BCUT2D eigenvalue weighted by atomic mass is 16.5. The molecule has 0 radical (unpaired) electrons. The molecule has 150 valence electrons. The lowest BCUT2D eigenvalue weighted by atomic mass is 9.78. The van der Waals surface area contributed by atoms with Crippen molar-refractivity contribution in [3.8, 4) is 0 Å². The van der Waals surface area contributed by atoms with Gasteiger partial charge in [0.15, 0.2) is 0 Å². The quantitative estimate of drug-likeness (QED) is 0.721. The summed E-state index contributed by atoms with van der Waals surface area (Å²) in [5.41, 5.74) is 1.54. The van der Waals surface area contributed by atoms with Crippen LogP contribution in [0.25, 0.3) is 0 Å². The first-order valence-electron chi connectivity index (χ1n) is 9.45. The number of aromatic nitrogens is 6. The van der Waals surface area contributed by atoms with Crippen LogP contribution < -0.4 is 0 Å². The second kappa shape index (κ2) is 7.66. The van der Waals surface area contributed by atoms with E-state index < -0.39 is 5.54 Å². The Morgan fingerprint density at radius 3 is 2.79 bits per heavy atom. The summed E-state index contributed by atoms with van der Waals surface area (Å²) in [5.74, 6) is 0.0350. The molecule has 1 N–H and O–H groups in total. The number of H-pyrrole nitrogens is 1. The first-order chi connectivity index (χ1) is 13.6. The van der Waals surface area contributed by atoms with Crippen LogP contribution in [0.4, 0.5) is 0 Å². The predicted octanol–water partition coefficient (Wildman–Crippen LogP) is -0.665. The van der Waals surface area contributed by atoms with Gasteiger partial charge in [-0.05, 0) is 23.3 Å². The summed E-state index contributed by atoms with van der Waals surface area (Å²) in [7, 11) is 1.53. The zero-order valence-corrected chi connectivity index (χ0v) is 15.9. The molecular weight excluding hydrogens is 364 g/mol. The molecule has 28 heavy (non-hydrogen) atoms. The molecule has 0 bridgehead atoms. The number of rotatable bonds is 5. The molecule has 1 saturated heterocycles. The molecular formula is C17H24N8O3. The third-order valence-corrected chi connectivity index (χ3v) is 5.72. The van der Waals surface area contributed by atoms with E-state index >= 15 is 0 Å². The van der Waals surface area contributed by atoms with Crippen molar-refractivity contribution in [3.05, 3.63) is 24.0 Å². The number of hydrogen-bond donors (Lipinski definition) is 1. The zero-order chi connectivity index (χ0) is 19.6. The van der Waals surface area contributed by atoms with E-state index in [9.17, 15) is 9.59 Å². The second-order valence-corrected chi connectivity index (χ2v) is 7.19. The Morgan fingerprint density at radius 2 is 2.07 bits per heavy atom. The minimum atomic E-state index is -0.476. The van der Waals surface area contributed by atoms with Crippen LogP contribution in [0, 0.1) is 0 Å². The average Bonchev–Trinajstić information content (AvgIpc) is 3.39. The molecule has 2 aliphatic heterocycles. The van der Waals surface area contributed by atoms with Crippen LogP contribution in [0.2, 0.25) is 0 Å². The van der Waals surface area contributed by atoms with Gasteiger partial charge in [-0.1, -0.05) is 0 Å². The number of fused-ring (bicyclic) bond motifs is 2. The van der Waals surface area contributed by atoms with Gasteiger partial charge < -0.3 is 19.5 Å². The lowest BCUT2D eigenvalue weighted by molar-refractivity contribution is -0.147. The number of carbonyl (C=O) groups is 2. The Labute approximate surface area is 162 Å². The highest BCUT2D eigenvalue weighted by Crippen LogP contribution is 2.42. The number of imidazole rings is 1. The van der Waals surface area contributed by atoms with Gasteiger partial charge in [0.1, 0.15) is 12.9 Å². The highest BCUT2D eigenvalue weighted by Gasteiger charge is 2.48. The maximum absolute atomic E-state index is 12.7. The molecule has 1 spiro atoms. The number of hydrogen-bond acceptors (Lipinski definition) is 7. The van der Waals surface area contributed by atoms with E-state index in [1.165, 1.54) is 13.4 Å². The van der Waals surface area contributed by atoms with Crippen LogP contribution in [0.1, 0.15) is 30.7 Å². The molecule has 4 heterocycles. The molecule has 2 aliphatic rings. The van der Waals surface area contributed by atoms with Crippen molar-refractivity contribution >= 4 is 11.8 Å². The molecule has 2 aromatic rings. The number of tetrazole rings is 1. The van der Waals surface area contributed by atoms with Gasteiger partial charge >= 0.3 is 0 Å². The Bertz CT molecular complexity index is 825. The number of carbonyl (C=O) groups excluding carboxylic acids is 2. The van der Waals surface area contributed by atoms with Gasteiger partial charge in [-0.15, -0.1) is 5.10 Å². The number of amides is 2. The van der Waals surface area contributed by atoms with Crippen LogP contribution in [0.3, 0.4) is 0 Å². The van der Waals surface area contributed by atoms with Gasteiger partial charge in [0.2, 0.25) is 11.8 Å². The van der Waals surface area contributed by atoms with Gasteiger partial charge in [0.25, 0.3) is 0 Å². The number of methoxy groups -OCH3 is 1. The molecule has 0 aromatic carbocycles. The van der Waals surface area contributed by atoms with E-state index in [2.05, 4.69) is 25.5 Å². The van der Waals surface area contributed by atoms with Gasteiger partial charge in [0.05, 0.1) is 24.1 Å². The third kappa shape index (κ3) is 3.26. The van der Waals surface area contributed by atoms with Gasteiger partial charge in [0, 0.05) is 45.3 Å². The molecule has 0 atom stereocenters. The topological polar surface area (TPSA) is 122 Å². The van der Waals surface area contributed by atoms with Crippen molar-refractivity contribution in [2.24, 2.45) is 0 Å². The summed E-state index contributed by atoms with van der Waals surface area (Å²) in [5, 5.41) is 10.9. The summed E-state index contributed by atoms with van der Waals surface area (Å²) in [6, 6.07) is 0. The minimum absolute atomic E-state index is 0.0328. The number of likely N-dealkylation sites (tertiary alicyclic amines) is 1. The Kier molecular flexibility index (Phi) is 5.07. The fourth-order valence-electron chi connectivity index (χ4n) is 4.33. The highest BCUT2D eigenvalue weighted by molar-refractivity contribution is 5.79. The number of ether oxygens (including phenoxy) is 1. The predicted molar refractivity (Wildman–Crippen MR) is 95.8 cm³/mol. The minimum Gasteiger partial charge on any atom is -0.375 e. The maximum atomic E-state index is 12.7. The molecule has 11 nitrogen and oxygen atoms in total. The molecule has 2 aromatic heterocycles. The fourth-order valence-corrected chi connectivity index (χ4v) is 4.33. The third-order valence-electron chi connectivity index (χ3n) is 5.72. The summed E-state index contributed by atoms with van der Waals surface area (Å²) in [4.78, 5) is 36.8. The molecule has 0 aliphatic carbocycles. The summed E-state index contributed by atoms with van der Waals surface area (Å²) < 4.78 is 6.63. The zero-order valence-electron chi connectivity index (χ0n) is 15.9. The van der Waals surface area contributed by atoms with Crippen molar-refractivity contribution in [2.45, 2.75) is 37.8 Å². The summed E-state index contributed by atoms with van der Waals surface area (Å²) in [6.07, 6.45) is 5.62. The monoisotopic (exact) mass is 388 g/mol. The molecule has 11 heteroatoms. The summed E-state index contributed by atoms with van der Waals surface area (Å²) in [6.45, 7) is 2.30. The second-order valence-electron chi connectivity index (χ2n) is 7.19. The largest absolute Gasteiger partial charge is 0.375 e. The van der Waals surface area contributed by atoms with Crippen LogP contribution >= 0.6 is 0 Å². The molecule has 0 saturated carbocycles. The van der Waals surface area contributed by atoms with E-state index in [4.69, 9.17) is 4.74 Å². The van der Waals surface area contributed by atoms with E-state index in [-0.39, 0.29) is 18.4 Å². The van der Waals surface area contributed by atoms with E-state index in [1.807, 2.05) is 9.80 Å². The van der Waals surface area contributed by atoms with Gasteiger partial charge in [-0.2, -0.15) is 0 Å². The van der Waals surface area contributed by atoms with Gasteiger partial charge in [-0.25, -0.2) is 9.67 Å². The molecule has 1 fully saturated rings. The maximum Gasteiger partial charge on any atom is 0.249 e. The van der Waals surface area contributed by atoms with Crippen LogP contribution in [0.15, 0.2) is 12.7 Å². The molecule has 4 rings (SSSR count). The number of nitrogens with one attached hydrogen (secondary N) is 1. The van der Waals surface area contributed by atoms with Crippen LogP contribution in [0.5, 0.6) is 0 Å². The van der Waals surface area contributed by atoms with E-state index in [0.29, 0.717) is 45.4 Å². The van der Waals surface area contributed by atoms with Crippen molar-refractivity contribution in [1.29, 1.82) is 0 Å². The fraction of sp³-hybridized carbons (Fsp3) is 0.647. The summed E-state index contributed by atoms with van der Waals surface area (Å²) >= 11 is 0. The van der Waals surface area contributed by atoms with Crippen molar-refractivity contribution in [1.82, 2.24) is 40.0 Å². The first-order valence-corrected chi connectivity index (χ1v) is 9.45. The molecule has 0 unspecified atom stereocenters. The van der Waals surface area contributed by atoms with Gasteiger partial charge in [-0.3, -0.25) is 9.59 Å².